The number of carboxylic acid groups (broad SMARTS) is 1. The molecule has 0 unspecified atom stereocenters. The van der Waals surface area contributed by atoms with Crippen molar-refractivity contribution < 1.29 is 19.5 Å². The Morgan fingerprint density at radius 1 is 1.28 bits per heavy atom. The van der Waals surface area contributed by atoms with E-state index >= 15 is 0 Å². The highest BCUT2D eigenvalue weighted by atomic mass is 32.1. The van der Waals surface area contributed by atoms with Crippen LogP contribution in [0.25, 0.3) is 6.08 Å². The van der Waals surface area contributed by atoms with Crippen LogP contribution in [0.4, 0.5) is 0 Å². The quantitative estimate of drug-likeness (QED) is 0.637. The van der Waals surface area contributed by atoms with Crippen molar-refractivity contribution in [3.63, 3.8) is 0 Å². The van der Waals surface area contributed by atoms with Gasteiger partial charge in [-0.05, 0) is 17.5 Å². The smallest absolute Gasteiger partial charge is 0.322 e. The van der Waals surface area contributed by atoms with Crippen LogP contribution in [0, 0.1) is 0 Å². The molecule has 2 amide bonds. The van der Waals surface area contributed by atoms with E-state index < -0.39 is 24.3 Å². The van der Waals surface area contributed by atoms with Crippen molar-refractivity contribution >= 4 is 35.2 Å². The Morgan fingerprint density at radius 3 is 2.67 bits per heavy atom. The van der Waals surface area contributed by atoms with E-state index in [1.54, 1.807) is 6.08 Å². The van der Waals surface area contributed by atoms with Gasteiger partial charge in [0.1, 0.15) is 6.54 Å². The molecule has 0 spiro atoms. The summed E-state index contributed by atoms with van der Waals surface area (Å²) in [6.07, 6.45) is 2.95. The minimum atomic E-state index is -1.13. The summed E-state index contributed by atoms with van der Waals surface area (Å²) in [5.74, 6) is -2.09. The molecule has 1 heterocycles. The minimum absolute atomic E-state index is 0.249. The van der Waals surface area contributed by atoms with Gasteiger partial charge in [0.05, 0.1) is 6.54 Å². The first kappa shape index (κ1) is 13.9. The Bertz CT molecular complexity index is 454. The highest BCUT2D eigenvalue weighted by Gasteiger charge is 2.04. The number of carboxylic acids is 1. The summed E-state index contributed by atoms with van der Waals surface area (Å²) in [6, 6.07) is 3.72. The van der Waals surface area contributed by atoms with Gasteiger partial charge in [-0.25, -0.2) is 0 Å². The lowest BCUT2D eigenvalue weighted by molar-refractivity contribution is -0.137. The molecule has 1 rings (SSSR count). The summed E-state index contributed by atoms with van der Waals surface area (Å²) in [5.41, 5.74) is 0. The van der Waals surface area contributed by atoms with Crippen LogP contribution in [0.2, 0.25) is 0 Å². The van der Waals surface area contributed by atoms with E-state index in [0.29, 0.717) is 0 Å². The molecule has 0 atom stereocenters. The summed E-state index contributed by atoms with van der Waals surface area (Å²) in [4.78, 5) is 33.5. The van der Waals surface area contributed by atoms with Crippen LogP contribution in [-0.4, -0.2) is 36.0 Å². The predicted octanol–water partition coefficient (Wildman–Crippen LogP) is 0.0783. The molecule has 0 aromatic carbocycles. The Hall–Kier alpha value is -2.15. The number of amides is 2. The lowest BCUT2D eigenvalue weighted by atomic mass is 10.4. The fourth-order valence-electron chi connectivity index (χ4n) is 1.01. The summed E-state index contributed by atoms with van der Waals surface area (Å²) in [6.45, 7) is -0.708. The maximum absolute atomic E-state index is 11.3. The molecule has 0 aliphatic heterocycles. The molecule has 1 aromatic rings. The summed E-state index contributed by atoms with van der Waals surface area (Å²) >= 11 is 1.49. The number of carbonyl (C=O) groups excluding carboxylic acids is 2. The van der Waals surface area contributed by atoms with Crippen LogP contribution in [0.5, 0.6) is 0 Å². The van der Waals surface area contributed by atoms with Crippen molar-refractivity contribution in [2.45, 2.75) is 0 Å². The van der Waals surface area contributed by atoms with Gasteiger partial charge in [-0.1, -0.05) is 6.07 Å². The van der Waals surface area contributed by atoms with E-state index in [1.807, 2.05) is 17.5 Å². The molecule has 96 valence electrons. The largest absolute Gasteiger partial charge is 0.480 e. The Morgan fingerprint density at radius 2 is 2.06 bits per heavy atom. The van der Waals surface area contributed by atoms with Crippen molar-refractivity contribution in [3.8, 4) is 0 Å². The molecule has 0 aliphatic carbocycles. The number of rotatable bonds is 6. The molecule has 0 saturated heterocycles. The highest BCUT2D eigenvalue weighted by molar-refractivity contribution is 7.10. The molecule has 3 N–H and O–H groups in total. The molecule has 0 aliphatic rings. The van der Waals surface area contributed by atoms with Gasteiger partial charge in [-0.3, -0.25) is 14.4 Å². The van der Waals surface area contributed by atoms with E-state index in [1.165, 1.54) is 17.4 Å². The van der Waals surface area contributed by atoms with Crippen molar-refractivity contribution in [3.05, 3.63) is 28.5 Å². The number of nitrogens with one attached hydrogen (secondary N) is 2. The monoisotopic (exact) mass is 268 g/mol. The normalized spacial score (nSPS) is 10.2. The lowest BCUT2D eigenvalue weighted by Gasteiger charge is -2.02. The number of hydrogen-bond donors (Lipinski definition) is 3. The standard InChI is InChI=1S/C11H12N2O4S/c14-9(4-3-8-2-1-5-18-8)12-6-10(15)13-7-11(16)17/h1-5H,6-7H2,(H,12,14)(H,13,15)(H,16,17)/b4-3+. The van der Waals surface area contributed by atoms with E-state index in [2.05, 4.69) is 10.6 Å². The van der Waals surface area contributed by atoms with Gasteiger partial charge in [0.15, 0.2) is 0 Å². The van der Waals surface area contributed by atoms with Crippen LogP contribution >= 0.6 is 11.3 Å². The first-order valence-electron chi connectivity index (χ1n) is 5.06. The van der Waals surface area contributed by atoms with E-state index in [4.69, 9.17) is 5.11 Å². The number of carbonyl (C=O) groups is 3. The SMILES string of the molecule is O=C(O)CNC(=O)CNC(=O)/C=C/c1cccs1. The fraction of sp³-hybridized carbons (Fsp3) is 0.182. The molecular weight excluding hydrogens is 256 g/mol. The third kappa shape index (κ3) is 5.80. The van der Waals surface area contributed by atoms with Gasteiger partial charge in [-0.2, -0.15) is 0 Å². The second-order valence-corrected chi connectivity index (χ2v) is 4.22. The molecular formula is C11H12N2O4S. The zero-order chi connectivity index (χ0) is 13.4. The van der Waals surface area contributed by atoms with Crippen LogP contribution < -0.4 is 10.6 Å². The molecule has 0 radical (unpaired) electrons. The van der Waals surface area contributed by atoms with Crippen LogP contribution in [0.1, 0.15) is 4.88 Å². The van der Waals surface area contributed by atoms with Crippen LogP contribution in [0.3, 0.4) is 0 Å². The van der Waals surface area contributed by atoms with Gasteiger partial charge in [0.25, 0.3) is 0 Å². The minimum Gasteiger partial charge on any atom is -0.480 e. The maximum atomic E-state index is 11.3. The van der Waals surface area contributed by atoms with Gasteiger partial charge in [-0.15, -0.1) is 11.3 Å². The number of aliphatic carboxylic acids is 1. The third-order valence-corrected chi connectivity index (χ3v) is 2.64. The summed E-state index contributed by atoms with van der Waals surface area (Å²) in [5, 5.41) is 14.7. The first-order valence-corrected chi connectivity index (χ1v) is 5.94. The predicted molar refractivity (Wildman–Crippen MR) is 67.0 cm³/mol. The zero-order valence-electron chi connectivity index (χ0n) is 9.38. The molecule has 1 aromatic heterocycles. The first-order chi connectivity index (χ1) is 8.58. The average molecular weight is 268 g/mol. The zero-order valence-corrected chi connectivity index (χ0v) is 10.2. The molecule has 0 fully saturated rings. The van der Waals surface area contributed by atoms with Gasteiger partial charge < -0.3 is 15.7 Å². The molecule has 0 saturated carbocycles. The third-order valence-electron chi connectivity index (χ3n) is 1.80. The van der Waals surface area contributed by atoms with Gasteiger partial charge in [0, 0.05) is 11.0 Å². The highest BCUT2D eigenvalue weighted by Crippen LogP contribution is 2.09. The Balaban J connectivity index is 2.24. The van der Waals surface area contributed by atoms with Gasteiger partial charge in [0.2, 0.25) is 11.8 Å². The Labute approximate surface area is 107 Å². The van der Waals surface area contributed by atoms with E-state index in [-0.39, 0.29) is 6.54 Å². The fourth-order valence-corrected chi connectivity index (χ4v) is 1.62. The second kappa shape index (κ2) is 7.23. The van der Waals surface area contributed by atoms with Crippen molar-refractivity contribution in [2.75, 3.05) is 13.1 Å². The Kier molecular flexibility index (Phi) is 5.59. The van der Waals surface area contributed by atoms with Crippen LogP contribution in [-0.2, 0) is 14.4 Å². The van der Waals surface area contributed by atoms with E-state index in [9.17, 15) is 14.4 Å². The molecule has 6 nitrogen and oxygen atoms in total. The van der Waals surface area contributed by atoms with Crippen molar-refractivity contribution in [1.29, 1.82) is 0 Å². The summed E-state index contributed by atoms with van der Waals surface area (Å²) < 4.78 is 0. The van der Waals surface area contributed by atoms with Crippen molar-refractivity contribution in [1.82, 2.24) is 10.6 Å². The topological polar surface area (TPSA) is 95.5 Å². The summed E-state index contributed by atoms with van der Waals surface area (Å²) in [7, 11) is 0. The second-order valence-electron chi connectivity index (χ2n) is 3.24. The molecule has 18 heavy (non-hydrogen) atoms. The maximum Gasteiger partial charge on any atom is 0.322 e. The van der Waals surface area contributed by atoms with Gasteiger partial charge >= 0.3 is 5.97 Å². The van der Waals surface area contributed by atoms with Crippen LogP contribution in [0.15, 0.2) is 23.6 Å². The van der Waals surface area contributed by atoms with Crippen molar-refractivity contribution in [2.24, 2.45) is 0 Å². The number of hydrogen-bond acceptors (Lipinski definition) is 4. The van der Waals surface area contributed by atoms with E-state index in [0.717, 1.165) is 4.88 Å². The molecule has 0 bridgehead atoms. The lowest BCUT2D eigenvalue weighted by Crippen LogP contribution is -2.38. The molecule has 7 heteroatoms. The average Bonchev–Trinajstić information content (AvgIpc) is 2.84. The number of thiophene rings is 1.